The van der Waals surface area contributed by atoms with Gasteiger partial charge in [0.2, 0.25) is 11.8 Å². The zero-order chi connectivity index (χ0) is 13.1. The van der Waals surface area contributed by atoms with E-state index in [9.17, 15) is 14.0 Å². The van der Waals surface area contributed by atoms with Crippen molar-refractivity contribution >= 4 is 41.5 Å². The minimum Gasteiger partial charge on any atom is -0.372 e. The van der Waals surface area contributed by atoms with Gasteiger partial charge in [0, 0.05) is 48.0 Å². The van der Waals surface area contributed by atoms with Crippen molar-refractivity contribution < 1.29 is 49.5 Å². The Balaban J connectivity index is -0.000000902. The van der Waals surface area contributed by atoms with E-state index >= 15 is 0 Å². The van der Waals surface area contributed by atoms with E-state index in [0.717, 1.165) is 0 Å². The van der Waals surface area contributed by atoms with Crippen LogP contribution in [0, 0.1) is 5.82 Å². The smallest absolute Gasteiger partial charge is 0.249 e. The average molecular weight is 472 g/mol. The van der Waals surface area contributed by atoms with Crippen molar-refractivity contribution in [2.24, 2.45) is 0 Å². The summed E-state index contributed by atoms with van der Waals surface area (Å²) in [7, 11) is 0. The third-order valence-electron chi connectivity index (χ3n) is 2.83. The molecule has 0 aliphatic carbocycles. The zero-order valence-electron chi connectivity index (χ0n) is 11.0. The van der Waals surface area contributed by atoms with Gasteiger partial charge in [-0.1, -0.05) is 6.92 Å². The molecule has 1 unspecified atom stereocenters. The Morgan fingerprint density at radius 2 is 2.25 bits per heavy atom. The van der Waals surface area contributed by atoms with Crippen LogP contribution in [0.5, 0.6) is 0 Å². The minimum atomic E-state index is -0.517. The van der Waals surface area contributed by atoms with E-state index in [4.69, 9.17) is 0 Å². The molecule has 111 valence electrons. The molecule has 0 bridgehead atoms. The summed E-state index contributed by atoms with van der Waals surface area (Å²) in [6, 6.07) is 0.798. The molecule has 1 aromatic heterocycles. The SMILES string of the molecule is CCc1ncc(NC2CCC(=O)NC2=O)cc1F.I.[HH].[HH].[Y]. The fraction of sp³-hybridized carbons (Fsp3) is 0.417. The van der Waals surface area contributed by atoms with Crippen LogP contribution in [0.1, 0.15) is 28.3 Å². The summed E-state index contributed by atoms with van der Waals surface area (Å²) in [4.78, 5) is 26.5. The van der Waals surface area contributed by atoms with E-state index in [1.165, 1.54) is 12.3 Å². The third-order valence-corrected chi connectivity index (χ3v) is 2.83. The minimum absolute atomic E-state index is 0. The summed E-state index contributed by atoms with van der Waals surface area (Å²) in [6.07, 6.45) is 2.70. The molecule has 1 fully saturated rings. The van der Waals surface area contributed by atoms with Gasteiger partial charge in [0.1, 0.15) is 11.9 Å². The van der Waals surface area contributed by atoms with Crippen LogP contribution in [0.2, 0.25) is 0 Å². The van der Waals surface area contributed by atoms with Crippen molar-refractivity contribution in [3.8, 4) is 0 Å². The van der Waals surface area contributed by atoms with Crippen molar-refractivity contribution in [3.63, 3.8) is 0 Å². The largest absolute Gasteiger partial charge is 0.372 e. The second-order valence-electron chi connectivity index (χ2n) is 4.15. The van der Waals surface area contributed by atoms with E-state index in [2.05, 4.69) is 15.6 Å². The van der Waals surface area contributed by atoms with Crippen LogP contribution in [0.4, 0.5) is 10.1 Å². The number of carbonyl (C=O) groups excluding carboxylic acids is 2. The van der Waals surface area contributed by atoms with E-state index in [1.807, 2.05) is 6.92 Å². The maximum atomic E-state index is 13.5. The number of anilines is 1. The van der Waals surface area contributed by atoms with Crippen LogP contribution in [0.15, 0.2) is 12.3 Å². The molecule has 1 aliphatic heterocycles. The predicted octanol–water partition coefficient (Wildman–Crippen LogP) is 2.11. The number of nitrogens with one attached hydrogen (secondary N) is 2. The quantitative estimate of drug-likeness (QED) is 0.523. The molecule has 1 atom stereocenters. The van der Waals surface area contributed by atoms with Crippen LogP contribution < -0.4 is 10.6 Å². The fourth-order valence-electron chi connectivity index (χ4n) is 1.84. The van der Waals surface area contributed by atoms with Crippen molar-refractivity contribution in [3.05, 3.63) is 23.8 Å². The number of aromatic nitrogens is 1. The Morgan fingerprint density at radius 3 is 2.80 bits per heavy atom. The van der Waals surface area contributed by atoms with E-state index in [0.29, 0.717) is 24.2 Å². The van der Waals surface area contributed by atoms with Crippen LogP contribution in [-0.2, 0) is 48.7 Å². The molecule has 2 rings (SSSR count). The molecule has 2 heterocycles. The third kappa shape index (κ3) is 5.00. The van der Waals surface area contributed by atoms with Gasteiger partial charge in [-0.15, -0.1) is 24.0 Å². The molecule has 0 spiro atoms. The molecule has 5 nitrogen and oxygen atoms in total. The summed E-state index contributed by atoms with van der Waals surface area (Å²) in [5, 5.41) is 5.11. The summed E-state index contributed by atoms with van der Waals surface area (Å²) in [5.74, 6) is -1.05. The first-order chi connectivity index (χ1) is 8.60. The number of rotatable bonds is 3. The van der Waals surface area contributed by atoms with Gasteiger partial charge in [-0.3, -0.25) is 19.9 Å². The number of aryl methyl sites for hydroxylation is 1. The van der Waals surface area contributed by atoms with Crippen molar-refractivity contribution in [1.82, 2.24) is 10.3 Å². The molecule has 2 N–H and O–H groups in total. The second kappa shape index (κ2) is 8.99. The van der Waals surface area contributed by atoms with Crippen LogP contribution in [-0.4, -0.2) is 22.8 Å². The molecule has 0 aromatic carbocycles. The Labute approximate surface area is 161 Å². The van der Waals surface area contributed by atoms with Crippen molar-refractivity contribution in [2.45, 2.75) is 32.2 Å². The van der Waals surface area contributed by atoms with Crippen molar-refractivity contribution in [1.29, 1.82) is 0 Å². The van der Waals surface area contributed by atoms with Gasteiger partial charge < -0.3 is 5.32 Å². The number of nitrogens with zero attached hydrogens (tertiary/aromatic N) is 1. The Hall–Kier alpha value is -0.146. The molecule has 0 saturated carbocycles. The molecule has 1 saturated heterocycles. The summed E-state index contributed by atoms with van der Waals surface area (Å²) in [6.45, 7) is 1.82. The fourth-order valence-corrected chi connectivity index (χ4v) is 1.84. The molecule has 20 heavy (non-hydrogen) atoms. The zero-order valence-corrected chi connectivity index (χ0v) is 16.1. The van der Waals surface area contributed by atoms with Gasteiger partial charge in [0.15, 0.2) is 0 Å². The molecule has 1 aromatic rings. The van der Waals surface area contributed by atoms with Gasteiger partial charge in [-0.2, -0.15) is 0 Å². The summed E-state index contributed by atoms with van der Waals surface area (Å²) < 4.78 is 13.5. The van der Waals surface area contributed by atoms with Gasteiger partial charge in [0.25, 0.3) is 0 Å². The first-order valence-corrected chi connectivity index (χ1v) is 5.84. The number of halogens is 2. The molecule has 8 heteroatoms. The summed E-state index contributed by atoms with van der Waals surface area (Å²) >= 11 is 0. The number of hydrogen-bond donors (Lipinski definition) is 2. The molecular weight excluding hydrogens is 453 g/mol. The monoisotopic (exact) mass is 472 g/mol. The maximum absolute atomic E-state index is 13.5. The molecule has 2 amide bonds. The van der Waals surface area contributed by atoms with E-state index in [-0.39, 0.29) is 77.8 Å². The topological polar surface area (TPSA) is 71.1 Å². The predicted molar refractivity (Wildman–Crippen MR) is 83.0 cm³/mol. The Morgan fingerprint density at radius 1 is 1.55 bits per heavy atom. The van der Waals surface area contributed by atoms with Gasteiger partial charge in [-0.05, 0) is 12.8 Å². The van der Waals surface area contributed by atoms with Gasteiger partial charge in [0.05, 0.1) is 17.6 Å². The van der Waals surface area contributed by atoms with E-state index < -0.39 is 11.9 Å². The number of amides is 2. The van der Waals surface area contributed by atoms with Crippen LogP contribution >= 0.6 is 24.0 Å². The average Bonchev–Trinajstić information content (AvgIpc) is 2.33. The molecule has 1 radical (unpaired) electrons. The van der Waals surface area contributed by atoms with Gasteiger partial charge in [-0.25, -0.2) is 4.39 Å². The standard InChI is InChI=1S/C12H14FN3O2.HI.Y.2H2/c1-2-9-8(13)5-7(6-14-9)15-10-3-4-11(17)16-12(10)18;;;;/h5-6,10,15H,2-4H2,1H3,(H,16,17,18);1H;;2*1H. The number of pyridine rings is 1. The number of hydrogen-bond acceptors (Lipinski definition) is 4. The second-order valence-corrected chi connectivity index (χ2v) is 4.15. The summed E-state index contributed by atoms with van der Waals surface area (Å²) in [5.41, 5.74) is 0.836. The number of imide groups is 1. The maximum Gasteiger partial charge on any atom is 0.249 e. The Bertz CT molecular complexity index is 511. The van der Waals surface area contributed by atoms with Crippen molar-refractivity contribution in [2.75, 3.05) is 5.32 Å². The van der Waals surface area contributed by atoms with Crippen LogP contribution in [0.25, 0.3) is 0 Å². The molecule has 1 aliphatic rings. The molecular formula is C12H19FIN3O2Y. The number of piperidine rings is 1. The first kappa shape index (κ1) is 19.9. The van der Waals surface area contributed by atoms with E-state index in [1.54, 1.807) is 0 Å². The van der Waals surface area contributed by atoms with Crippen LogP contribution in [0.3, 0.4) is 0 Å². The normalized spacial score (nSPS) is 17.6. The Kier molecular flexibility index (Phi) is 8.93. The van der Waals surface area contributed by atoms with Gasteiger partial charge >= 0.3 is 0 Å². The first-order valence-electron chi connectivity index (χ1n) is 5.84. The number of carbonyl (C=O) groups is 2.